The number of sulfonamides is 1. The van der Waals surface area contributed by atoms with E-state index in [4.69, 9.17) is 33.1 Å². The predicted molar refractivity (Wildman–Crippen MR) is 85.7 cm³/mol. The average molecular weight is 415 g/mol. The Morgan fingerprint density at radius 3 is 2.67 bits per heavy atom. The first-order chi connectivity index (χ1) is 9.71. The maximum Gasteiger partial charge on any atom is 0.224 e. The molecular formula is C11H10BrCl2N3O3S. The van der Waals surface area contributed by atoms with E-state index in [0.717, 1.165) is 0 Å². The topological polar surface area (TPSA) is 94.6 Å². The molecule has 0 fully saturated rings. The van der Waals surface area contributed by atoms with Gasteiger partial charge in [-0.1, -0.05) is 23.2 Å². The Hall–Kier alpha value is -0.670. The summed E-state index contributed by atoms with van der Waals surface area (Å²) in [5, 5.41) is 5.83. The van der Waals surface area contributed by atoms with Gasteiger partial charge in [0.15, 0.2) is 4.75 Å². The van der Waals surface area contributed by atoms with Crippen LogP contribution in [0.4, 0.5) is 0 Å². The van der Waals surface area contributed by atoms with Gasteiger partial charge >= 0.3 is 0 Å². The van der Waals surface area contributed by atoms with Gasteiger partial charge in [0.2, 0.25) is 15.9 Å². The van der Waals surface area contributed by atoms with Gasteiger partial charge in [0.25, 0.3) is 0 Å². The van der Waals surface area contributed by atoms with Gasteiger partial charge < -0.3 is 4.74 Å². The number of rotatable bonds is 3. The van der Waals surface area contributed by atoms with E-state index in [1.807, 2.05) is 0 Å². The Balaban J connectivity index is 2.79. The highest BCUT2D eigenvalue weighted by atomic mass is 79.9. The number of hydrogen-bond acceptors (Lipinski definition) is 5. The van der Waals surface area contributed by atoms with Gasteiger partial charge in [-0.05, 0) is 28.1 Å². The summed E-state index contributed by atoms with van der Waals surface area (Å²) in [6.45, 7) is -0.196. The SMILES string of the molecule is COc1ncc(Cl)cc1C1(S(N)(=O)=O)C=C(Br)C(Cl)=NC1. The first-order valence-corrected chi connectivity index (χ1v) is 8.62. The number of methoxy groups -OCH3 is 1. The third-order valence-corrected chi connectivity index (χ3v) is 5.83. The van der Waals surface area contributed by atoms with Gasteiger partial charge in [0.1, 0.15) is 5.17 Å². The van der Waals surface area contributed by atoms with Crippen LogP contribution in [-0.4, -0.2) is 32.2 Å². The van der Waals surface area contributed by atoms with E-state index in [0.29, 0.717) is 4.48 Å². The molecule has 0 spiro atoms. The summed E-state index contributed by atoms with van der Waals surface area (Å²) in [6.07, 6.45) is 2.71. The monoisotopic (exact) mass is 413 g/mol. The molecule has 2 rings (SSSR count). The highest BCUT2D eigenvalue weighted by Gasteiger charge is 2.46. The molecule has 2 N–H and O–H groups in total. The van der Waals surface area contributed by atoms with Gasteiger partial charge in [-0.25, -0.2) is 18.5 Å². The minimum Gasteiger partial charge on any atom is -0.481 e. The molecular weight excluding hydrogens is 405 g/mol. The normalized spacial score (nSPS) is 22.5. The molecule has 0 bridgehead atoms. The van der Waals surface area contributed by atoms with E-state index >= 15 is 0 Å². The molecule has 114 valence electrons. The van der Waals surface area contributed by atoms with E-state index in [1.165, 1.54) is 25.4 Å². The zero-order chi connectivity index (χ0) is 15.8. The largest absolute Gasteiger partial charge is 0.481 e. The van der Waals surface area contributed by atoms with Crippen LogP contribution >= 0.6 is 39.1 Å². The molecule has 1 aromatic heterocycles. The third-order valence-electron chi connectivity index (χ3n) is 2.98. The van der Waals surface area contributed by atoms with E-state index in [2.05, 4.69) is 25.9 Å². The van der Waals surface area contributed by atoms with Crippen molar-refractivity contribution in [1.29, 1.82) is 0 Å². The van der Waals surface area contributed by atoms with Crippen LogP contribution < -0.4 is 9.88 Å². The first-order valence-electron chi connectivity index (χ1n) is 5.52. The second kappa shape index (κ2) is 5.85. The van der Waals surface area contributed by atoms with Crippen molar-refractivity contribution >= 4 is 54.3 Å². The summed E-state index contributed by atoms with van der Waals surface area (Å²) >= 11 is 15.0. The van der Waals surface area contributed by atoms with Gasteiger partial charge in [-0.15, -0.1) is 0 Å². The molecule has 0 aliphatic carbocycles. The van der Waals surface area contributed by atoms with Crippen LogP contribution in [0.1, 0.15) is 5.56 Å². The van der Waals surface area contributed by atoms with Crippen molar-refractivity contribution in [2.45, 2.75) is 4.75 Å². The first kappa shape index (κ1) is 16.7. The van der Waals surface area contributed by atoms with E-state index in [1.54, 1.807) is 0 Å². The standard InChI is InChI=1S/C11H10BrCl2N3O3S/c1-20-10-7(2-6(13)4-16-10)11(21(15,18)19)3-8(12)9(14)17-5-11/h2-4H,5H2,1H3,(H2,15,18,19). The molecule has 0 aromatic carbocycles. The molecule has 10 heteroatoms. The molecule has 0 saturated carbocycles. The van der Waals surface area contributed by atoms with Crippen molar-refractivity contribution in [3.05, 3.63) is 33.4 Å². The van der Waals surface area contributed by atoms with Crippen molar-refractivity contribution < 1.29 is 13.2 Å². The molecule has 0 saturated heterocycles. The van der Waals surface area contributed by atoms with Gasteiger partial charge in [-0.3, -0.25) is 4.99 Å². The number of aromatic nitrogens is 1. The molecule has 6 nitrogen and oxygen atoms in total. The van der Waals surface area contributed by atoms with Crippen LogP contribution in [0.3, 0.4) is 0 Å². The third kappa shape index (κ3) is 2.95. The molecule has 1 unspecified atom stereocenters. The van der Waals surface area contributed by atoms with E-state index < -0.39 is 14.8 Å². The van der Waals surface area contributed by atoms with Crippen LogP contribution in [-0.2, 0) is 14.8 Å². The van der Waals surface area contributed by atoms with Crippen molar-refractivity contribution in [2.24, 2.45) is 10.1 Å². The second-order valence-electron chi connectivity index (χ2n) is 4.24. The fourth-order valence-electron chi connectivity index (χ4n) is 1.95. The van der Waals surface area contributed by atoms with Crippen LogP contribution in [0.5, 0.6) is 5.88 Å². The van der Waals surface area contributed by atoms with Crippen LogP contribution in [0.25, 0.3) is 0 Å². The lowest BCUT2D eigenvalue weighted by atomic mass is 9.97. The Morgan fingerprint density at radius 1 is 1.48 bits per heavy atom. The Morgan fingerprint density at radius 2 is 2.14 bits per heavy atom. The molecule has 1 aliphatic rings. The number of dihydropyridines is 1. The van der Waals surface area contributed by atoms with E-state index in [-0.39, 0.29) is 28.2 Å². The highest BCUT2D eigenvalue weighted by Crippen LogP contribution is 2.41. The molecule has 21 heavy (non-hydrogen) atoms. The van der Waals surface area contributed by atoms with Crippen molar-refractivity contribution in [3.8, 4) is 5.88 Å². The minimum atomic E-state index is -4.10. The second-order valence-corrected chi connectivity index (χ2v) is 7.71. The molecule has 1 aliphatic heterocycles. The maximum absolute atomic E-state index is 12.2. The smallest absolute Gasteiger partial charge is 0.224 e. The number of nitrogens with zero attached hydrogens (tertiary/aromatic N) is 2. The van der Waals surface area contributed by atoms with Gasteiger partial charge in [0, 0.05) is 11.8 Å². The summed E-state index contributed by atoms with van der Waals surface area (Å²) in [5.74, 6) is 0.0956. The highest BCUT2D eigenvalue weighted by molar-refractivity contribution is 9.12. The number of nitrogens with two attached hydrogens (primary N) is 1. The zero-order valence-corrected chi connectivity index (χ0v) is 14.6. The fraction of sp³-hybridized carbons (Fsp3) is 0.273. The number of aliphatic imine (C=N–C) groups is 1. The summed E-state index contributed by atoms with van der Waals surface area (Å²) < 4.78 is 28.2. The van der Waals surface area contributed by atoms with Crippen LogP contribution in [0.15, 0.2) is 27.8 Å². The van der Waals surface area contributed by atoms with Gasteiger partial charge in [0.05, 0.1) is 23.2 Å². The van der Waals surface area contributed by atoms with E-state index in [9.17, 15) is 8.42 Å². The van der Waals surface area contributed by atoms with Gasteiger partial charge in [-0.2, -0.15) is 0 Å². The molecule has 2 heterocycles. The molecule has 1 aromatic rings. The number of pyridine rings is 1. The number of halogens is 3. The fourth-order valence-corrected chi connectivity index (χ4v) is 3.87. The molecule has 0 radical (unpaired) electrons. The minimum absolute atomic E-state index is 0.0956. The summed E-state index contributed by atoms with van der Waals surface area (Å²) in [4.78, 5) is 7.97. The van der Waals surface area contributed by atoms with Crippen molar-refractivity contribution in [2.75, 3.05) is 13.7 Å². The number of allylic oxidation sites excluding steroid dienone is 1. The summed E-state index contributed by atoms with van der Waals surface area (Å²) in [7, 11) is -2.73. The lowest BCUT2D eigenvalue weighted by molar-refractivity contribution is 0.387. The average Bonchev–Trinajstić information content (AvgIpc) is 2.40. The number of hydrogen-bond donors (Lipinski definition) is 1. The summed E-state index contributed by atoms with van der Waals surface area (Å²) in [5.41, 5.74) is 0.199. The quantitative estimate of drug-likeness (QED) is 0.819. The predicted octanol–water partition coefficient (Wildman–Crippen LogP) is 2.16. The Labute approximate surface area is 140 Å². The van der Waals surface area contributed by atoms with Crippen molar-refractivity contribution in [1.82, 2.24) is 4.98 Å². The number of primary sulfonamides is 1. The maximum atomic E-state index is 12.2. The molecule has 1 atom stereocenters. The summed E-state index contributed by atoms with van der Waals surface area (Å²) in [6, 6.07) is 1.43. The van der Waals surface area contributed by atoms with Crippen molar-refractivity contribution in [3.63, 3.8) is 0 Å². The lowest BCUT2D eigenvalue weighted by Gasteiger charge is -2.30. The Bertz CT molecular complexity index is 751. The molecule has 0 amide bonds. The Kier molecular flexibility index (Phi) is 4.65. The number of ether oxygens (including phenoxy) is 1. The van der Waals surface area contributed by atoms with Crippen LogP contribution in [0, 0.1) is 0 Å². The zero-order valence-electron chi connectivity index (χ0n) is 10.7. The van der Waals surface area contributed by atoms with Crippen LogP contribution in [0.2, 0.25) is 5.02 Å². The lowest BCUT2D eigenvalue weighted by Crippen LogP contribution is -2.44.